The van der Waals surface area contributed by atoms with Crippen molar-refractivity contribution < 1.29 is 4.92 Å². The predicted molar refractivity (Wildman–Crippen MR) is 33.5 cm³/mol. The molecule has 0 N–H and O–H groups in total. The highest BCUT2D eigenvalue weighted by Gasteiger charge is 2.14. The van der Waals surface area contributed by atoms with E-state index in [-0.39, 0.29) is 0 Å². The van der Waals surface area contributed by atoms with Crippen LogP contribution in [0.25, 0.3) is 0 Å². The largest absolute Gasteiger partial charge is 0.259 e. The van der Waals surface area contributed by atoms with Gasteiger partial charge < -0.3 is 0 Å². The molecule has 1 rings (SSSR count). The highest BCUT2D eigenvalue weighted by atomic mass is 16.6. The molecule has 9 heavy (non-hydrogen) atoms. The van der Waals surface area contributed by atoms with E-state index < -0.39 is 4.92 Å². The van der Waals surface area contributed by atoms with Gasteiger partial charge in [0, 0.05) is 0 Å². The summed E-state index contributed by atoms with van der Waals surface area (Å²) < 4.78 is 0. The first-order chi connectivity index (χ1) is 4.29. The van der Waals surface area contributed by atoms with Crippen molar-refractivity contribution in [3.05, 3.63) is 22.4 Å². The van der Waals surface area contributed by atoms with Crippen LogP contribution in [0.5, 0.6) is 0 Å². The molecule has 50 valence electrons. The highest BCUT2D eigenvalue weighted by molar-refractivity contribution is 4.87. The second kappa shape index (κ2) is 2.62. The van der Waals surface area contributed by atoms with Gasteiger partial charge in [-0.2, -0.15) is 0 Å². The van der Waals surface area contributed by atoms with Crippen LogP contribution in [0.15, 0.2) is 12.3 Å². The van der Waals surface area contributed by atoms with Crippen LogP contribution in [0.3, 0.4) is 0 Å². The lowest BCUT2D eigenvalue weighted by atomic mass is 9.86. The Morgan fingerprint density at radius 1 is 1.56 bits per heavy atom. The van der Waals surface area contributed by atoms with Gasteiger partial charge in [-0.25, -0.2) is 0 Å². The first kappa shape index (κ1) is 6.26. The molecule has 0 heterocycles. The van der Waals surface area contributed by atoms with Crippen molar-refractivity contribution in [1.82, 2.24) is 0 Å². The van der Waals surface area contributed by atoms with Crippen LogP contribution >= 0.6 is 0 Å². The normalized spacial score (nSPS) is 20.0. The summed E-state index contributed by atoms with van der Waals surface area (Å²) in [6, 6.07) is 0. The molecule has 0 aliphatic heterocycles. The van der Waals surface area contributed by atoms with Gasteiger partial charge in [0.15, 0.2) is 0 Å². The van der Waals surface area contributed by atoms with Crippen LogP contribution < -0.4 is 0 Å². The molecule has 1 aliphatic rings. The molecule has 3 heteroatoms. The van der Waals surface area contributed by atoms with Crippen LogP contribution in [0.2, 0.25) is 0 Å². The molecule has 0 bridgehead atoms. The van der Waals surface area contributed by atoms with Crippen molar-refractivity contribution in [3.8, 4) is 0 Å². The zero-order chi connectivity index (χ0) is 6.69. The zero-order valence-corrected chi connectivity index (χ0v) is 5.12. The molecule has 0 radical (unpaired) electrons. The van der Waals surface area contributed by atoms with Crippen molar-refractivity contribution in [2.75, 3.05) is 0 Å². The lowest BCUT2D eigenvalue weighted by Crippen LogP contribution is -2.07. The van der Waals surface area contributed by atoms with E-state index in [2.05, 4.69) is 0 Å². The molecular weight excluding hydrogens is 118 g/mol. The third kappa shape index (κ3) is 1.83. The van der Waals surface area contributed by atoms with Crippen LogP contribution in [0, 0.1) is 16.0 Å². The summed E-state index contributed by atoms with van der Waals surface area (Å²) >= 11 is 0. The van der Waals surface area contributed by atoms with Crippen molar-refractivity contribution in [3.63, 3.8) is 0 Å². The summed E-state index contributed by atoms with van der Waals surface area (Å²) in [4.78, 5) is 9.36. The van der Waals surface area contributed by atoms with Gasteiger partial charge >= 0.3 is 0 Å². The van der Waals surface area contributed by atoms with Gasteiger partial charge in [-0.1, -0.05) is 6.42 Å². The Balaban J connectivity index is 2.22. The van der Waals surface area contributed by atoms with E-state index in [0.29, 0.717) is 5.92 Å². The Kier molecular flexibility index (Phi) is 1.82. The van der Waals surface area contributed by atoms with E-state index in [9.17, 15) is 10.1 Å². The van der Waals surface area contributed by atoms with E-state index >= 15 is 0 Å². The van der Waals surface area contributed by atoms with E-state index in [1.54, 1.807) is 6.08 Å². The maximum atomic E-state index is 9.76. The van der Waals surface area contributed by atoms with Gasteiger partial charge in [-0.3, -0.25) is 10.1 Å². The molecule has 0 unspecified atom stereocenters. The minimum Gasteiger partial charge on any atom is -0.259 e. The van der Waals surface area contributed by atoms with Crippen LogP contribution in [-0.2, 0) is 0 Å². The van der Waals surface area contributed by atoms with Crippen molar-refractivity contribution in [1.29, 1.82) is 0 Å². The molecule has 1 fully saturated rings. The topological polar surface area (TPSA) is 43.1 Å². The van der Waals surface area contributed by atoms with Crippen molar-refractivity contribution >= 4 is 0 Å². The summed E-state index contributed by atoms with van der Waals surface area (Å²) in [6.07, 6.45) is 6.22. The summed E-state index contributed by atoms with van der Waals surface area (Å²) in [5, 5.41) is 9.76. The fraction of sp³-hybridized carbons (Fsp3) is 0.667. The number of allylic oxidation sites excluding steroid dienone is 1. The molecule has 1 aliphatic carbocycles. The number of hydrogen-bond acceptors (Lipinski definition) is 2. The first-order valence-corrected chi connectivity index (χ1v) is 3.11. The molecule has 0 spiro atoms. The Labute approximate surface area is 53.5 Å². The summed E-state index contributed by atoms with van der Waals surface area (Å²) in [5.74, 6) is 0.496. The van der Waals surface area contributed by atoms with Gasteiger partial charge in [0.05, 0.1) is 4.92 Å². The monoisotopic (exact) mass is 127 g/mol. The summed E-state index contributed by atoms with van der Waals surface area (Å²) in [5.41, 5.74) is 0. The average molecular weight is 127 g/mol. The number of hydrogen-bond donors (Lipinski definition) is 0. The van der Waals surface area contributed by atoms with Crippen molar-refractivity contribution in [2.45, 2.75) is 19.3 Å². The number of nitro groups is 1. The maximum Gasteiger partial charge on any atom is 0.230 e. The molecule has 0 saturated heterocycles. The van der Waals surface area contributed by atoms with E-state index in [0.717, 1.165) is 19.0 Å². The second-order valence-electron chi connectivity index (χ2n) is 2.32. The molecule has 3 nitrogen and oxygen atoms in total. The Bertz CT molecular complexity index is 138. The SMILES string of the molecule is O=[N+]([O-])C=CC1CCC1. The third-order valence-electron chi connectivity index (χ3n) is 1.63. The fourth-order valence-corrected chi connectivity index (χ4v) is 0.824. The smallest absolute Gasteiger partial charge is 0.230 e. The molecular formula is C6H9NO2. The molecule has 0 aromatic heterocycles. The van der Waals surface area contributed by atoms with Gasteiger partial charge in [0.2, 0.25) is 6.20 Å². The minimum absolute atomic E-state index is 0.404. The van der Waals surface area contributed by atoms with E-state index in [4.69, 9.17) is 0 Å². The lowest BCUT2D eigenvalue weighted by molar-refractivity contribution is -0.403. The summed E-state index contributed by atoms with van der Waals surface area (Å²) in [7, 11) is 0. The third-order valence-corrected chi connectivity index (χ3v) is 1.63. The molecule has 0 amide bonds. The number of nitrogens with zero attached hydrogens (tertiary/aromatic N) is 1. The lowest BCUT2D eigenvalue weighted by Gasteiger charge is -2.19. The second-order valence-corrected chi connectivity index (χ2v) is 2.32. The van der Waals surface area contributed by atoms with Gasteiger partial charge in [-0.05, 0) is 24.8 Å². The zero-order valence-electron chi connectivity index (χ0n) is 5.12. The average Bonchev–Trinajstić information content (AvgIpc) is 1.60. The quantitative estimate of drug-likeness (QED) is 0.417. The molecule has 0 aromatic rings. The highest BCUT2D eigenvalue weighted by Crippen LogP contribution is 2.26. The van der Waals surface area contributed by atoms with Crippen LogP contribution in [-0.4, -0.2) is 4.92 Å². The first-order valence-electron chi connectivity index (χ1n) is 3.11. The standard InChI is InChI=1S/C6H9NO2/c8-7(9)5-4-6-2-1-3-6/h4-6H,1-3H2. The summed E-state index contributed by atoms with van der Waals surface area (Å²) in [6.45, 7) is 0. The predicted octanol–water partition coefficient (Wildman–Crippen LogP) is 1.58. The number of rotatable bonds is 2. The molecule has 0 aromatic carbocycles. The van der Waals surface area contributed by atoms with Crippen LogP contribution in [0.4, 0.5) is 0 Å². The molecule has 1 saturated carbocycles. The van der Waals surface area contributed by atoms with Crippen LogP contribution in [0.1, 0.15) is 19.3 Å². The van der Waals surface area contributed by atoms with E-state index in [1.807, 2.05) is 0 Å². The Morgan fingerprint density at radius 3 is 2.56 bits per heavy atom. The van der Waals surface area contributed by atoms with E-state index in [1.165, 1.54) is 6.42 Å². The van der Waals surface area contributed by atoms with Crippen molar-refractivity contribution in [2.24, 2.45) is 5.92 Å². The molecule has 0 atom stereocenters. The van der Waals surface area contributed by atoms with Gasteiger partial charge in [0.25, 0.3) is 0 Å². The fourth-order valence-electron chi connectivity index (χ4n) is 0.824. The maximum absolute atomic E-state index is 9.76. The van der Waals surface area contributed by atoms with Gasteiger partial charge in [-0.15, -0.1) is 0 Å². The Hall–Kier alpha value is -0.860. The van der Waals surface area contributed by atoms with Gasteiger partial charge in [0.1, 0.15) is 0 Å². The minimum atomic E-state index is -0.404. The Morgan fingerprint density at radius 2 is 2.22 bits per heavy atom.